The van der Waals surface area contributed by atoms with E-state index in [1.807, 2.05) is 13.8 Å². The van der Waals surface area contributed by atoms with E-state index < -0.39 is 12.0 Å². The van der Waals surface area contributed by atoms with Crippen LogP contribution in [0, 0.1) is 6.92 Å². The summed E-state index contributed by atoms with van der Waals surface area (Å²) in [5, 5.41) is 14.3. The van der Waals surface area contributed by atoms with E-state index in [2.05, 4.69) is 10.3 Å². The van der Waals surface area contributed by atoms with Gasteiger partial charge in [0.25, 0.3) is 5.91 Å². The number of benzene rings is 1. The van der Waals surface area contributed by atoms with Crippen LogP contribution in [0.5, 0.6) is 0 Å². The molecule has 1 aromatic carbocycles. The summed E-state index contributed by atoms with van der Waals surface area (Å²) in [5.41, 5.74) is 0.354. The number of nitrogens with one attached hydrogen (secondary N) is 1. The average molecular weight is 345 g/mol. The SMILES string of the molecule is Cc1cnc(C(C)NC(=O)C(O)c2cc(Cl)cc(Cl)c2)s1. The fourth-order valence-corrected chi connectivity index (χ4v) is 3.13. The van der Waals surface area contributed by atoms with Crippen molar-refractivity contribution in [2.75, 3.05) is 0 Å². The van der Waals surface area contributed by atoms with Gasteiger partial charge in [0.2, 0.25) is 0 Å². The Morgan fingerprint density at radius 2 is 1.95 bits per heavy atom. The number of hydrogen-bond acceptors (Lipinski definition) is 4. The number of aliphatic hydroxyl groups excluding tert-OH is 1. The van der Waals surface area contributed by atoms with Crippen LogP contribution in [0.15, 0.2) is 24.4 Å². The molecule has 0 radical (unpaired) electrons. The number of carbonyl (C=O) groups excluding carboxylic acids is 1. The van der Waals surface area contributed by atoms with Crippen molar-refractivity contribution in [2.45, 2.75) is 26.0 Å². The molecule has 2 aromatic rings. The molecule has 0 aliphatic carbocycles. The highest BCUT2D eigenvalue weighted by Crippen LogP contribution is 2.25. The van der Waals surface area contributed by atoms with Crippen LogP contribution in [-0.4, -0.2) is 16.0 Å². The number of aliphatic hydroxyl groups is 1. The van der Waals surface area contributed by atoms with Crippen molar-refractivity contribution in [3.63, 3.8) is 0 Å². The molecule has 1 aromatic heterocycles. The van der Waals surface area contributed by atoms with Gasteiger partial charge in [0.1, 0.15) is 5.01 Å². The van der Waals surface area contributed by atoms with Crippen LogP contribution in [0.1, 0.15) is 34.5 Å². The largest absolute Gasteiger partial charge is 0.378 e. The second-order valence-corrected chi connectivity index (χ2v) is 6.78. The number of thiazole rings is 1. The van der Waals surface area contributed by atoms with E-state index in [1.54, 1.807) is 6.20 Å². The van der Waals surface area contributed by atoms with Gasteiger partial charge in [0, 0.05) is 21.1 Å². The molecular formula is C14H14Cl2N2O2S. The Hall–Kier alpha value is -1.14. The first kappa shape index (κ1) is 16.2. The number of carbonyl (C=O) groups is 1. The van der Waals surface area contributed by atoms with Gasteiger partial charge in [0.15, 0.2) is 6.10 Å². The van der Waals surface area contributed by atoms with E-state index in [4.69, 9.17) is 23.2 Å². The number of hydrogen-bond donors (Lipinski definition) is 2. The maximum atomic E-state index is 12.1. The lowest BCUT2D eigenvalue weighted by atomic mass is 10.1. The molecule has 1 amide bonds. The molecule has 0 saturated heterocycles. The van der Waals surface area contributed by atoms with Gasteiger partial charge >= 0.3 is 0 Å². The first-order valence-electron chi connectivity index (χ1n) is 6.23. The number of aromatic nitrogens is 1. The molecule has 0 saturated carbocycles. The van der Waals surface area contributed by atoms with Crippen LogP contribution >= 0.6 is 34.5 Å². The molecule has 2 atom stereocenters. The number of halogens is 2. The Balaban J connectivity index is 2.08. The summed E-state index contributed by atoms with van der Waals surface area (Å²) in [4.78, 5) is 17.4. The predicted molar refractivity (Wildman–Crippen MR) is 84.8 cm³/mol. The van der Waals surface area contributed by atoms with Crippen molar-refractivity contribution < 1.29 is 9.90 Å². The van der Waals surface area contributed by atoms with Crippen molar-refractivity contribution in [2.24, 2.45) is 0 Å². The summed E-state index contributed by atoms with van der Waals surface area (Å²) in [7, 11) is 0. The molecule has 0 spiro atoms. The Morgan fingerprint density at radius 3 is 2.48 bits per heavy atom. The van der Waals surface area contributed by atoms with E-state index >= 15 is 0 Å². The van der Waals surface area contributed by atoms with Crippen molar-refractivity contribution in [1.29, 1.82) is 0 Å². The molecule has 0 bridgehead atoms. The van der Waals surface area contributed by atoms with Crippen LogP contribution in [-0.2, 0) is 4.79 Å². The Kier molecular flexibility index (Phi) is 5.22. The normalized spacial score (nSPS) is 13.8. The third-order valence-electron chi connectivity index (χ3n) is 2.82. The highest BCUT2D eigenvalue weighted by Gasteiger charge is 2.21. The fraction of sp³-hybridized carbons (Fsp3) is 0.286. The highest BCUT2D eigenvalue weighted by molar-refractivity contribution is 7.11. The Morgan fingerprint density at radius 1 is 1.33 bits per heavy atom. The van der Waals surface area contributed by atoms with Gasteiger partial charge < -0.3 is 10.4 Å². The quantitative estimate of drug-likeness (QED) is 0.889. The lowest BCUT2D eigenvalue weighted by Gasteiger charge is -2.16. The van der Waals surface area contributed by atoms with Crippen molar-refractivity contribution >= 4 is 40.4 Å². The van der Waals surface area contributed by atoms with Gasteiger partial charge in [-0.25, -0.2) is 4.98 Å². The van der Waals surface area contributed by atoms with Gasteiger partial charge in [-0.3, -0.25) is 4.79 Å². The second-order valence-electron chi connectivity index (χ2n) is 4.64. The number of rotatable bonds is 4. The molecule has 0 aliphatic heterocycles. The summed E-state index contributed by atoms with van der Waals surface area (Å²) >= 11 is 13.2. The maximum Gasteiger partial charge on any atom is 0.254 e. The smallest absolute Gasteiger partial charge is 0.254 e. The summed E-state index contributed by atoms with van der Waals surface area (Å²) < 4.78 is 0. The van der Waals surface area contributed by atoms with Crippen molar-refractivity contribution in [1.82, 2.24) is 10.3 Å². The van der Waals surface area contributed by atoms with Crippen LogP contribution in [0.2, 0.25) is 10.0 Å². The van der Waals surface area contributed by atoms with E-state index in [0.29, 0.717) is 15.6 Å². The highest BCUT2D eigenvalue weighted by atomic mass is 35.5. The minimum atomic E-state index is -1.33. The first-order chi connectivity index (χ1) is 9.86. The average Bonchev–Trinajstić information content (AvgIpc) is 2.83. The van der Waals surface area contributed by atoms with Crippen LogP contribution in [0.4, 0.5) is 0 Å². The van der Waals surface area contributed by atoms with Gasteiger partial charge in [-0.2, -0.15) is 0 Å². The molecule has 1 heterocycles. The van der Waals surface area contributed by atoms with E-state index in [0.717, 1.165) is 9.88 Å². The Labute approximate surface area is 136 Å². The van der Waals surface area contributed by atoms with Gasteiger partial charge in [-0.05, 0) is 37.6 Å². The lowest BCUT2D eigenvalue weighted by Crippen LogP contribution is -2.31. The van der Waals surface area contributed by atoms with Crippen molar-refractivity contribution in [3.8, 4) is 0 Å². The molecule has 2 unspecified atom stereocenters. The number of amides is 1. The molecule has 21 heavy (non-hydrogen) atoms. The number of nitrogens with zero attached hydrogens (tertiary/aromatic N) is 1. The van der Waals surface area contributed by atoms with Gasteiger partial charge in [-0.1, -0.05) is 23.2 Å². The standard InChI is InChI=1S/C14H14Cl2N2O2S/c1-7-6-17-14(21-7)8(2)18-13(20)12(19)9-3-10(15)5-11(16)4-9/h3-6,8,12,19H,1-2H3,(H,18,20). The Bertz CT molecular complexity index is 640. The first-order valence-corrected chi connectivity index (χ1v) is 7.81. The molecule has 0 fully saturated rings. The minimum Gasteiger partial charge on any atom is -0.378 e. The fourth-order valence-electron chi connectivity index (χ4n) is 1.81. The predicted octanol–water partition coefficient (Wildman–Crippen LogP) is 3.67. The summed E-state index contributed by atoms with van der Waals surface area (Å²) in [6.45, 7) is 3.76. The summed E-state index contributed by atoms with van der Waals surface area (Å²) in [5.74, 6) is -0.520. The molecule has 0 aliphatic rings. The van der Waals surface area contributed by atoms with Gasteiger partial charge in [-0.15, -0.1) is 11.3 Å². The topological polar surface area (TPSA) is 62.2 Å². The number of aryl methyl sites for hydroxylation is 1. The van der Waals surface area contributed by atoms with Crippen LogP contribution in [0.3, 0.4) is 0 Å². The molecule has 112 valence electrons. The molecule has 4 nitrogen and oxygen atoms in total. The summed E-state index contributed by atoms with van der Waals surface area (Å²) in [6, 6.07) is 4.28. The molecule has 2 N–H and O–H groups in total. The van der Waals surface area contributed by atoms with E-state index in [1.165, 1.54) is 29.5 Å². The van der Waals surface area contributed by atoms with Crippen molar-refractivity contribution in [3.05, 3.63) is 49.9 Å². The van der Waals surface area contributed by atoms with Gasteiger partial charge in [0.05, 0.1) is 6.04 Å². The van der Waals surface area contributed by atoms with Crippen LogP contribution < -0.4 is 5.32 Å². The van der Waals surface area contributed by atoms with E-state index in [-0.39, 0.29) is 6.04 Å². The zero-order valence-electron chi connectivity index (χ0n) is 11.4. The minimum absolute atomic E-state index is 0.277. The monoisotopic (exact) mass is 344 g/mol. The molecular weight excluding hydrogens is 331 g/mol. The third kappa shape index (κ3) is 4.17. The zero-order chi connectivity index (χ0) is 15.6. The lowest BCUT2D eigenvalue weighted by molar-refractivity contribution is -0.130. The van der Waals surface area contributed by atoms with Crippen LogP contribution in [0.25, 0.3) is 0 Å². The molecule has 2 rings (SSSR count). The van der Waals surface area contributed by atoms with E-state index in [9.17, 15) is 9.90 Å². The molecule has 7 heteroatoms. The maximum absolute atomic E-state index is 12.1. The summed E-state index contributed by atoms with van der Waals surface area (Å²) in [6.07, 6.45) is 0.417. The second kappa shape index (κ2) is 6.75. The third-order valence-corrected chi connectivity index (χ3v) is 4.35. The zero-order valence-corrected chi connectivity index (χ0v) is 13.8.